The molecule has 0 aliphatic rings. The van der Waals surface area contributed by atoms with E-state index >= 15 is 0 Å². The van der Waals surface area contributed by atoms with Gasteiger partial charge >= 0.3 is 0 Å². The molecule has 0 bridgehead atoms. The number of rotatable bonds is 12. The molecule has 2 heterocycles. The maximum absolute atomic E-state index is 12.1. The van der Waals surface area contributed by atoms with Crippen molar-refractivity contribution in [2.45, 2.75) is 13.8 Å². The second-order valence-electron chi connectivity index (χ2n) is 12.4. The third-order valence-corrected chi connectivity index (χ3v) is 8.49. The molecule has 0 saturated carbocycles. The van der Waals surface area contributed by atoms with E-state index in [1.54, 1.807) is 68.7 Å². The van der Waals surface area contributed by atoms with Crippen LogP contribution in [0.25, 0.3) is 0 Å². The second-order valence-corrected chi connectivity index (χ2v) is 13.3. The number of anilines is 10. The van der Waals surface area contributed by atoms with Gasteiger partial charge in [0, 0.05) is 36.8 Å². The predicted molar refractivity (Wildman–Crippen MR) is 232 cm³/mol. The monoisotopic (exact) mass is 818 g/mol. The van der Waals surface area contributed by atoms with E-state index in [0.717, 1.165) is 16.8 Å². The van der Waals surface area contributed by atoms with E-state index in [1.165, 1.54) is 18.5 Å². The van der Waals surface area contributed by atoms with Crippen molar-refractivity contribution in [1.82, 2.24) is 30.6 Å². The third-order valence-electron chi connectivity index (χ3n) is 7.93. The summed E-state index contributed by atoms with van der Waals surface area (Å²) in [6, 6.07) is 25.2. The molecule has 0 spiro atoms. The molecule has 0 unspecified atom stereocenters. The summed E-state index contributed by atoms with van der Waals surface area (Å²) in [6.45, 7) is 7.31. The standard InChI is InChI=1S/C22H21ClN6O2.C19H19ClN6O/c1-4-19(30)26-14-9-13(2)10-15(11-14)27-22-25-12-17(23)20(29-22)28-18-8-6-5-7-16(18)21(31)24-3;1-11-7-12(21)9-13(8-11)24-19-23-10-15(20)17(26-19)25-16-6-4-3-5-14(16)18(27)22-2/h4-12H,1H2,2-3H3,(H,24,31)(H,26,30)(H2,25,27,28,29);3-10H,21H2,1-2H3,(H,22,27)(H2,23,24,25,26). The summed E-state index contributed by atoms with van der Waals surface area (Å²) >= 11 is 12.5. The molecule has 0 saturated heterocycles. The minimum absolute atomic E-state index is 0.211. The van der Waals surface area contributed by atoms with Gasteiger partial charge in [-0.1, -0.05) is 54.0 Å². The van der Waals surface area contributed by atoms with Gasteiger partial charge in [-0.05, 0) is 91.7 Å². The van der Waals surface area contributed by atoms with E-state index in [9.17, 15) is 14.4 Å². The molecule has 6 aromatic rings. The zero-order valence-corrected chi connectivity index (χ0v) is 33.4. The Hall–Kier alpha value is -7.23. The van der Waals surface area contributed by atoms with Crippen LogP contribution in [0.2, 0.25) is 10.0 Å². The summed E-state index contributed by atoms with van der Waals surface area (Å²) in [7, 11) is 3.14. The van der Waals surface area contributed by atoms with Crippen LogP contribution in [0, 0.1) is 13.8 Å². The normalized spacial score (nSPS) is 10.2. The SMILES string of the molecule is C=CC(=O)Nc1cc(C)cc(Nc2ncc(Cl)c(Nc3ccccc3C(=O)NC)n2)c1.CNC(=O)c1ccccc1Nc1nc(Nc2cc(C)cc(N)c2)ncc1Cl. The Bertz CT molecular complexity index is 2460. The second kappa shape index (κ2) is 19.6. The summed E-state index contributed by atoms with van der Waals surface area (Å²) in [5, 5.41) is 20.9. The summed E-state index contributed by atoms with van der Waals surface area (Å²) in [5.41, 5.74) is 12.6. The Morgan fingerprint density at radius 2 is 1.09 bits per heavy atom. The predicted octanol–water partition coefficient (Wildman–Crippen LogP) is 8.28. The summed E-state index contributed by atoms with van der Waals surface area (Å²) in [6.07, 6.45) is 4.14. The molecular formula is C41H40Cl2N12O3. The van der Waals surface area contributed by atoms with Gasteiger partial charge in [0.25, 0.3) is 11.8 Å². The van der Waals surface area contributed by atoms with Gasteiger partial charge in [-0.3, -0.25) is 14.4 Å². The number of amides is 3. The highest BCUT2D eigenvalue weighted by Crippen LogP contribution is 2.29. The average Bonchev–Trinajstić information content (AvgIpc) is 3.20. The third kappa shape index (κ3) is 11.4. The lowest BCUT2D eigenvalue weighted by atomic mass is 10.1. The molecule has 58 heavy (non-hydrogen) atoms. The molecule has 0 radical (unpaired) electrons. The van der Waals surface area contributed by atoms with Crippen LogP contribution in [0.4, 0.5) is 57.7 Å². The number of halogens is 2. The van der Waals surface area contributed by atoms with Crippen molar-refractivity contribution in [2.24, 2.45) is 0 Å². The fourth-order valence-electron chi connectivity index (χ4n) is 5.40. The van der Waals surface area contributed by atoms with Crippen LogP contribution in [0.3, 0.4) is 0 Å². The number of carbonyl (C=O) groups is 3. The highest BCUT2D eigenvalue weighted by atomic mass is 35.5. The highest BCUT2D eigenvalue weighted by Gasteiger charge is 2.15. The Morgan fingerprint density at radius 3 is 1.55 bits per heavy atom. The van der Waals surface area contributed by atoms with Crippen molar-refractivity contribution >= 4 is 98.6 Å². The zero-order chi connectivity index (χ0) is 41.8. The van der Waals surface area contributed by atoms with Crippen LogP contribution >= 0.6 is 23.2 Å². The lowest BCUT2D eigenvalue weighted by molar-refractivity contribution is -0.111. The van der Waals surface area contributed by atoms with Crippen molar-refractivity contribution in [3.63, 3.8) is 0 Å². The number of aryl methyl sites for hydroxylation is 2. The lowest BCUT2D eigenvalue weighted by Gasteiger charge is -2.13. The Kier molecular flexibility index (Phi) is 14.1. The number of nitrogens with two attached hydrogens (primary N) is 1. The van der Waals surface area contributed by atoms with Crippen molar-refractivity contribution < 1.29 is 14.4 Å². The first-order valence-electron chi connectivity index (χ1n) is 17.5. The van der Waals surface area contributed by atoms with E-state index in [1.807, 2.05) is 44.2 Å². The van der Waals surface area contributed by atoms with Crippen LogP contribution in [-0.4, -0.2) is 51.8 Å². The molecule has 4 aromatic carbocycles. The number of para-hydroxylation sites is 2. The number of benzene rings is 4. The summed E-state index contributed by atoms with van der Waals surface area (Å²) in [5.74, 6) is 0.604. The number of aromatic nitrogens is 4. The van der Waals surface area contributed by atoms with Crippen molar-refractivity contribution in [1.29, 1.82) is 0 Å². The molecular weight excluding hydrogens is 779 g/mol. The summed E-state index contributed by atoms with van der Waals surface area (Å²) < 4.78 is 0. The number of nitrogens with one attached hydrogen (secondary N) is 7. The minimum Gasteiger partial charge on any atom is -0.399 e. The van der Waals surface area contributed by atoms with E-state index in [4.69, 9.17) is 28.9 Å². The first kappa shape index (κ1) is 41.9. The van der Waals surface area contributed by atoms with Crippen molar-refractivity contribution in [3.8, 4) is 0 Å². The van der Waals surface area contributed by atoms with Crippen LogP contribution in [0.1, 0.15) is 31.8 Å². The van der Waals surface area contributed by atoms with Crippen molar-refractivity contribution in [2.75, 3.05) is 46.4 Å². The van der Waals surface area contributed by atoms with Crippen LogP contribution in [-0.2, 0) is 4.79 Å². The fourth-order valence-corrected chi connectivity index (χ4v) is 5.68. The smallest absolute Gasteiger partial charge is 0.253 e. The molecule has 0 atom stereocenters. The van der Waals surface area contributed by atoms with Crippen LogP contribution < -0.4 is 43.0 Å². The molecule has 6 rings (SSSR count). The fraction of sp³-hybridized carbons (Fsp3) is 0.0976. The van der Waals surface area contributed by atoms with E-state index in [2.05, 4.69) is 63.7 Å². The quantitative estimate of drug-likeness (QED) is 0.0433. The largest absolute Gasteiger partial charge is 0.399 e. The van der Waals surface area contributed by atoms with Gasteiger partial charge in [-0.2, -0.15) is 9.97 Å². The molecule has 17 heteroatoms. The first-order chi connectivity index (χ1) is 27.8. The van der Waals surface area contributed by atoms with Gasteiger partial charge in [0.15, 0.2) is 11.6 Å². The van der Waals surface area contributed by atoms with Gasteiger partial charge in [0.2, 0.25) is 17.8 Å². The average molecular weight is 820 g/mol. The molecule has 2 aromatic heterocycles. The topological polar surface area (TPSA) is 213 Å². The summed E-state index contributed by atoms with van der Waals surface area (Å²) in [4.78, 5) is 53.0. The molecule has 15 nitrogen and oxygen atoms in total. The van der Waals surface area contributed by atoms with E-state index < -0.39 is 0 Å². The molecule has 0 aliphatic heterocycles. The lowest BCUT2D eigenvalue weighted by Crippen LogP contribution is -2.19. The molecule has 0 fully saturated rings. The van der Waals surface area contributed by atoms with E-state index in [0.29, 0.717) is 67.2 Å². The minimum atomic E-state index is -0.305. The van der Waals surface area contributed by atoms with Crippen LogP contribution in [0.5, 0.6) is 0 Å². The maximum atomic E-state index is 12.1. The zero-order valence-electron chi connectivity index (χ0n) is 31.9. The van der Waals surface area contributed by atoms with Gasteiger partial charge in [-0.25, -0.2) is 9.97 Å². The van der Waals surface area contributed by atoms with Crippen LogP contribution in [0.15, 0.2) is 110 Å². The van der Waals surface area contributed by atoms with Gasteiger partial charge in [0.1, 0.15) is 10.0 Å². The number of hydrogen-bond donors (Lipinski definition) is 8. The number of nitrogens with zero attached hydrogens (tertiary/aromatic N) is 4. The maximum Gasteiger partial charge on any atom is 0.253 e. The Labute approximate surface area is 344 Å². The molecule has 0 aliphatic carbocycles. The Balaban J connectivity index is 0.000000223. The molecule has 3 amide bonds. The number of hydrogen-bond acceptors (Lipinski definition) is 12. The van der Waals surface area contributed by atoms with Crippen molar-refractivity contribution in [3.05, 3.63) is 142 Å². The number of carbonyl (C=O) groups excluding carboxylic acids is 3. The highest BCUT2D eigenvalue weighted by molar-refractivity contribution is 6.33. The van der Waals surface area contributed by atoms with Gasteiger partial charge in [0.05, 0.1) is 34.9 Å². The first-order valence-corrected chi connectivity index (χ1v) is 18.3. The Morgan fingerprint density at radius 1 is 0.638 bits per heavy atom. The van der Waals surface area contributed by atoms with Gasteiger partial charge < -0.3 is 43.0 Å². The number of nitrogen functional groups attached to an aromatic ring is 1. The van der Waals surface area contributed by atoms with Gasteiger partial charge in [-0.15, -0.1) is 0 Å². The molecule has 296 valence electrons. The van der Waals surface area contributed by atoms with E-state index in [-0.39, 0.29) is 23.7 Å². The molecule has 9 N–H and O–H groups in total.